The van der Waals surface area contributed by atoms with Gasteiger partial charge in [-0.05, 0) is 45.3 Å². The number of β-amino-alcohol motifs (C(OH)–C–C–N with tert-alkyl or cyclic N) is 1. The first-order valence-electron chi connectivity index (χ1n) is 6.74. The first kappa shape index (κ1) is 13.9. The van der Waals surface area contributed by atoms with Crippen molar-refractivity contribution >= 4 is 0 Å². The number of rotatable bonds is 7. The molecule has 0 saturated carbocycles. The Kier molecular flexibility index (Phi) is 6.32. The van der Waals surface area contributed by atoms with E-state index in [1.807, 2.05) is 6.92 Å². The lowest BCUT2D eigenvalue weighted by Crippen LogP contribution is -2.32. The van der Waals surface area contributed by atoms with Gasteiger partial charge in [-0.3, -0.25) is 0 Å². The summed E-state index contributed by atoms with van der Waals surface area (Å²) in [6.45, 7) is 9.90. The Morgan fingerprint density at radius 1 is 1.44 bits per heavy atom. The fraction of sp³-hybridized carbons (Fsp3) is 1.00. The molecule has 1 rings (SSSR count). The van der Waals surface area contributed by atoms with Crippen LogP contribution < -0.4 is 0 Å². The first-order chi connectivity index (χ1) is 7.65. The molecule has 0 aliphatic carbocycles. The van der Waals surface area contributed by atoms with Gasteiger partial charge in [0.25, 0.3) is 0 Å². The molecular formula is C13H28N2O. The topological polar surface area (TPSA) is 26.7 Å². The van der Waals surface area contributed by atoms with Crippen LogP contribution in [0.3, 0.4) is 0 Å². The van der Waals surface area contributed by atoms with Crippen molar-refractivity contribution in [3.63, 3.8) is 0 Å². The van der Waals surface area contributed by atoms with Gasteiger partial charge in [-0.15, -0.1) is 0 Å². The molecule has 0 spiro atoms. The van der Waals surface area contributed by atoms with Gasteiger partial charge in [-0.25, -0.2) is 0 Å². The van der Waals surface area contributed by atoms with Gasteiger partial charge in [-0.1, -0.05) is 13.8 Å². The molecule has 1 aliphatic rings. The van der Waals surface area contributed by atoms with Crippen molar-refractivity contribution in [3.05, 3.63) is 0 Å². The fourth-order valence-electron chi connectivity index (χ4n) is 2.57. The van der Waals surface area contributed by atoms with Crippen molar-refractivity contribution in [3.8, 4) is 0 Å². The van der Waals surface area contributed by atoms with E-state index >= 15 is 0 Å². The van der Waals surface area contributed by atoms with E-state index in [1.54, 1.807) is 0 Å². The summed E-state index contributed by atoms with van der Waals surface area (Å²) in [5.74, 6) is 0.806. The summed E-state index contributed by atoms with van der Waals surface area (Å²) in [5, 5.41) is 9.62. The zero-order valence-corrected chi connectivity index (χ0v) is 11.2. The molecular weight excluding hydrogens is 200 g/mol. The monoisotopic (exact) mass is 228 g/mol. The van der Waals surface area contributed by atoms with Gasteiger partial charge in [0.05, 0.1) is 6.10 Å². The zero-order valence-electron chi connectivity index (χ0n) is 11.2. The lowest BCUT2D eigenvalue weighted by atomic mass is 10.1. The molecule has 0 aromatic heterocycles. The molecule has 3 nitrogen and oxygen atoms in total. The highest BCUT2D eigenvalue weighted by atomic mass is 16.3. The first-order valence-corrected chi connectivity index (χ1v) is 6.74. The van der Waals surface area contributed by atoms with Gasteiger partial charge in [0.15, 0.2) is 0 Å². The van der Waals surface area contributed by atoms with Gasteiger partial charge in [0.1, 0.15) is 0 Å². The normalized spacial score (nSPS) is 24.2. The van der Waals surface area contributed by atoms with E-state index in [2.05, 4.69) is 23.8 Å². The minimum absolute atomic E-state index is 0.132. The molecule has 1 heterocycles. The Bertz CT molecular complexity index is 187. The van der Waals surface area contributed by atoms with Gasteiger partial charge in [0.2, 0.25) is 0 Å². The number of nitrogens with zero attached hydrogens (tertiary/aromatic N) is 2. The van der Waals surface area contributed by atoms with E-state index in [1.165, 1.54) is 39.0 Å². The highest BCUT2D eigenvalue weighted by Crippen LogP contribution is 2.17. The summed E-state index contributed by atoms with van der Waals surface area (Å²) in [6, 6.07) is 0. The van der Waals surface area contributed by atoms with Gasteiger partial charge in [-0.2, -0.15) is 0 Å². The van der Waals surface area contributed by atoms with Gasteiger partial charge in [0, 0.05) is 19.6 Å². The molecule has 1 N–H and O–H groups in total. The number of hydrogen-bond donors (Lipinski definition) is 1. The fourth-order valence-corrected chi connectivity index (χ4v) is 2.57. The summed E-state index contributed by atoms with van der Waals surface area (Å²) in [7, 11) is 2.22. The van der Waals surface area contributed by atoms with Crippen LogP contribution in [0.25, 0.3) is 0 Å². The third-order valence-electron chi connectivity index (χ3n) is 3.49. The SMILES string of the molecule is CCCN(C)CC1CCN(CC(O)CC)C1. The van der Waals surface area contributed by atoms with E-state index < -0.39 is 0 Å². The van der Waals surface area contributed by atoms with Crippen LogP contribution in [0.1, 0.15) is 33.1 Å². The molecule has 1 fully saturated rings. The van der Waals surface area contributed by atoms with Crippen LogP contribution in [0, 0.1) is 5.92 Å². The summed E-state index contributed by atoms with van der Waals surface area (Å²) in [6.07, 6.45) is 3.27. The Labute approximate surface area is 100 Å². The number of aliphatic hydroxyl groups excluding tert-OH is 1. The van der Waals surface area contributed by atoms with Gasteiger partial charge >= 0.3 is 0 Å². The molecule has 0 aromatic rings. The maximum Gasteiger partial charge on any atom is 0.0664 e. The summed E-state index contributed by atoms with van der Waals surface area (Å²) >= 11 is 0. The lowest BCUT2D eigenvalue weighted by Gasteiger charge is -2.22. The molecule has 16 heavy (non-hydrogen) atoms. The Morgan fingerprint density at radius 2 is 2.19 bits per heavy atom. The van der Waals surface area contributed by atoms with Gasteiger partial charge < -0.3 is 14.9 Å². The maximum absolute atomic E-state index is 9.62. The van der Waals surface area contributed by atoms with Crippen molar-refractivity contribution in [2.24, 2.45) is 5.92 Å². The van der Waals surface area contributed by atoms with Crippen molar-refractivity contribution in [2.45, 2.75) is 39.2 Å². The van der Waals surface area contributed by atoms with Crippen molar-refractivity contribution in [1.29, 1.82) is 0 Å². The van der Waals surface area contributed by atoms with E-state index in [0.717, 1.165) is 18.9 Å². The van der Waals surface area contributed by atoms with E-state index in [9.17, 15) is 5.11 Å². The second kappa shape index (κ2) is 7.25. The van der Waals surface area contributed by atoms with Crippen LogP contribution in [0.2, 0.25) is 0 Å². The molecule has 96 valence electrons. The molecule has 3 heteroatoms. The molecule has 0 amide bonds. The van der Waals surface area contributed by atoms with Crippen molar-refractivity contribution in [2.75, 3.05) is 39.8 Å². The minimum Gasteiger partial charge on any atom is -0.392 e. The molecule has 2 atom stereocenters. The second-order valence-electron chi connectivity index (χ2n) is 5.24. The zero-order chi connectivity index (χ0) is 12.0. The Balaban J connectivity index is 2.19. The largest absolute Gasteiger partial charge is 0.392 e. The highest BCUT2D eigenvalue weighted by Gasteiger charge is 2.24. The molecule has 0 radical (unpaired) electrons. The number of hydrogen-bond acceptors (Lipinski definition) is 3. The van der Waals surface area contributed by atoms with Crippen LogP contribution in [0.15, 0.2) is 0 Å². The standard InChI is InChI=1S/C13H28N2O/c1-4-7-14(3)9-12-6-8-15(10-12)11-13(16)5-2/h12-13,16H,4-11H2,1-3H3. The highest BCUT2D eigenvalue weighted by molar-refractivity contribution is 4.78. The Hall–Kier alpha value is -0.120. The number of aliphatic hydroxyl groups is 1. The molecule has 1 aliphatic heterocycles. The molecule has 1 saturated heterocycles. The minimum atomic E-state index is -0.132. The average molecular weight is 228 g/mol. The summed E-state index contributed by atoms with van der Waals surface area (Å²) in [4.78, 5) is 4.85. The smallest absolute Gasteiger partial charge is 0.0664 e. The number of likely N-dealkylation sites (tertiary alicyclic amines) is 1. The van der Waals surface area contributed by atoms with Crippen LogP contribution in [0.4, 0.5) is 0 Å². The lowest BCUT2D eigenvalue weighted by molar-refractivity contribution is 0.118. The summed E-state index contributed by atoms with van der Waals surface area (Å²) in [5.41, 5.74) is 0. The Morgan fingerprint density at radius 3 is 2.81 bits per heavy atom. The van der Waals surface area contributed by atoms with E-state index in [4.69, 9.17) is 0 Å². The average Bonchev–Trinajstić information content (AvgIpc) is 2.65. The quantitative estimate of drug-likeness (QED) is 0.714. The van der Waals surface area contributed by atoms with Crippen molar-refractivity contribution in [1.82, 2.24) is 9.80 Å². The molecule has 0 bridgehead atoms. The van der Waals surface area contributed by atoms with Crippen LogP contribution >= 0.6 is 0 Å². The summed E-state index contributed by atoms with van der Waals surface area (Å²) < 4.78 is 0. The predicted molar refractivity (Wildman–Crippen MR) is 68.6 cm³/mol. The van der Waals surface area contributed by atoms with Crippen LogP contribution in [-0.2, 0) is 0 Å². The van der Waals surface area contributed by atoms with Crippen molar-refractivity contribution < 1.29 is 5.11 Å². The molecule has 0 aromatic carbocycles. The second-order valence-corrected chi connectivity index (χ2v) is 5.24. The van der Waals surface area contributed by atoms with Crippen LogP contribution in [0.5, 0.6) is 0 Å². The van der Waals surface area contributed by atoms with Crippen LogP contribution in [-0.4, -0.2) is 60.8 Å². The third kappa shape index (κ3) is 4.81. The predicted octanol–water partition coefficient (Wildman–Crippen LogP) is 1.42. The van der Waals surface area contributed by atoms with E-state index in [0.29, 0.717) is 0 Å². The van der Waals surface area contributed by atoms with E-state index in [-0.39, 0.29) is 6.10 Å². The third-order valence-corrected chi connectivity index (χ3v) is 3.49. The molecule has 2 unspecified atom stereocenters. The maximum atomic E-state index is 9.62.